The molecule has 3 rings (SSSR count). The number of anilines is 1. The minimum atomic E-state index is -0.301. The fraction of sp³-hybridized carbons (Fsp3) is 0.0769. The Bertz CT molecular complexity index is 739. The summed E-state index contributed by atoms with van der Waals surface area (Å²) in [6, 6.07) is 5.96. The van der Waals surface area contributed by atoms with Crippen molar-refractivity contribution >= 4 is 32.6 Å². The number of nitrogens with one attached hydrogen (secondary N) is 1. The fourth-order valence-electron chi connectivity index (χ4n) is 1.72. The average Bonchev–Trinajstić information content (AvgIpc) is 2.84. The molecule has 0 bridgehead atoms. The number of rotatable bonds is 2. The van der Waals surface area contributed by atoms with Crippen LogP contribution in [-0.4, -0.2) is 20.9 Å². The van der Waals surface area contributed by atoms with Gasteiger partial charge in [-0.3, -0.25) is 15.1 Å². The molecule has 19 heavy (non-hydrogen) atoms. The van der Waals surface area contributed by atoms with Crippen molar-refractivity contribution in [2.24, 2.45) is 0 Å². The quantitative estimate of drug-likeness (QED) is 0.777. The summed E-state index contributed by atoms with van der Waals surface area (Å²) in [5.74, 6) is -0.301. The molecular weight excluding hydrogens is 260 g/mol. The van der Waals surface area contributed by atoms with Crippen LogP contribution in [0.4, 0.5) is 5.13 Å². The van der Waals surface area contributed by atoms with Gasteiger partial charge in [-0.1, -0.05) is 23.5 Å². The molecule has 3 aromatic rings. The minimum Gasteiger partial charge on any atom is -0.296 e. The Morgan fingerprint density at radius 3 is 2.95 bits per heavy atom. The molecule has 0 aliphatic heterocycles. The van der Waals surface area contributed by atoms with Crippen LogP contribution in [0.1, 0.15) is 16.1 Å². The number of hydrogen-bond acceptors (Lipinski definition) is 5. The van der Waals surface area contributed by atoms with E-state index in [1.807, 2.05) is 25.1 Å². The van der Waals surface area contributed by atoms with Crippen molar-refractivity contribution in [2.45, 2.75) is 6.92 Å². The molecule has 1 N–H and O–H groups in total. The third-order valence-electron chi connectivity index (χ3n) is 2.64. The molecule has 0 radical (unpaired) electrons. The summed E-state index contributed by atoms with van der Waals surface area (Å²) in [7, 11) is 0. The number of carbonyl (C=O) groups excluding carboxylic acids is 1. The normalized spacial score (nSPS) is 10.6. The van der Waals surface area contributed by atoms with Gasteiger partial charge in [-0.2, -0.15) is 0 Å². The second-order valence-electron chi connectivity index (χ2n) is 3.99. The largest absolute Gasteiger partial charge is 0.296 e. The molecule has 0 unspecified atom stereocenters. The molecule has 1 amide bonds. The number of para-hydroxylation sites is 1. The highest BCUT2D eigenvalue weighted by molar-refractivity contribution is 7.22. The Balaban J connectivity index is 1.90. The van der Waals surface area contributed by atoms with Crippen molar-refractivity contribution < 1.29 is 4.79 Å². The van der Waals surface area contributed by atoms with E-state index in [-0.39, 0.29) is 11.6 Å². The first-order valence-corrected chi connectivity index (χ1v) is 6.49. The molecule has 6 heteroatoms. The van der Waals surface area contributed by atoms with Crippen LogP contribution in [0.15, 0.2) is 36.8 Å². The molecule has 5 nitrogen and oxygen atoms in total. The lowest BCUT2D eigenvalue weighted by atomic mass is 10.2. The predicted octanol–water partition coefficient (Wildman–Crippen LogP) is 2.65. The molecule has 0 fully saturated rings. The number of nitrogens with zero attached hydrogens (tertiary/aromatic N) is 3. The lowest BCUT2D eigenvalue weighted by molar-refractivity contribution is 0.102. The highest BCUT2D eigenvalue weighted by Crippen LogP contribution is 2.27. The van der Waals surface area contributed by atoms with Crippen molar-refractivity contribution in [3.05, 3.63) is 48.0 Å². The van der Waals surface area contributed by atoms with Gasteiger partial charge in [0.1, 0.15) is 5.69 Å². The van der Waals surface area contributed by atoms with E-state index in [0.717, 1.165) is 15.8 Å². The van der Waals surface area contributed by atoms with Crippen molar-refractivity contribution in [2.75, 3.05) is 5.32 Å². The first kappa shape index (κ1) is 11.7. The molecule has 0 saturated carbocycles. The molecule has 0 saturated heterocycles. The number of fused-ring (bicyclic) bond motifs is 1. The smallest absolute Gasteiger partial charge is 0.277 e. The van der Waals surface area contributed by atoms with Gasteiger partial charge in [0, 0.05) is 12.4 Å². The summed E-state index contributed by atoms with van der Waals surface area (Å²) in [6.45, 7) is 2.00. The van der Waals surface area contributed by atoms with Crippen LogP contribution in [0.5, 0.6) is 0 Å². The number of benzene rings is 1. The number of aromatic nitrogens is 3. The lowest BCUT2D eigenvalue weighted by Gasteiger charge is -1.98. The zero-order valence-electron chi connectivity index (χ0n) is 10.1. The maximum absolute atomic E-state index is 11.9. The Morgan fingerprint density at radius 1 is 1.32 bits per heavy atom. The number of amides is 1. The minimum absolute atomic E-state index is 0.276. The summed E-state index contributed by atoms with van der Waals surface area (Å²) in [6.07, 6.45) is 4.43. The third-order valence-corrected chi connectivity index (χ3v) is 3.57. The van der Waals surface area contributed by atoms with E-state index < -0.39 is 0 Å². The topological polar surface area (TPSA) is 67.8 Å². The Kier molecular flexibility index (Phi) is 2.92. The average molecular weight is 270 g/mol. The summed E-state index contributed by atoms with van der Waals surface area (Å²) in [5.41, 5.74) is 2.29. The molecule has 2 heterocycles. The highest BCUT2D eigenvalue weighted by Gasteiger charge is 2.11. The lowest BCUT2D eigenvalue weighted by Crippen LogP contribution is -2.13. The SMILES string of the molecule is Cc1cccc2sc(NC(=O)c3cnccn3)nc12. The molecular formula is C13H10N4OS. The van der Waals surface area contributed by atoms with Gasteiger partial charge in [-0.25, -0.2) is 9.97 Å². The Morgan fingerprint density at radius 2 is 2.21 bits per heavy atom. The van der Waals surface area contributed by atoms with Crippen LogP contribution in [0.3, 0.4) is 0 Å². The Hall–Kier alpha value is -2.34. The summed E-state index contributed by atoms with van der Waals surface area (Å²) >= 11 is 1.44. The molecule has 0 aliphatic carbocycles. The second kappa shape index (κ2) is 4.74. The van der Waals surface area contributed by atoms with E-state index >= 15 is 0 Å². The van der Waals surface area contributed by atoms with Crippen molar-refractivity contribution in [3.8, 4) is 0 Å². The number of carbonyl (C=O) groups is 1. The predicted molar refractivity (Wildman–Crippen MR) is 74.3 cm³/mol. The first-order valence-electron chi connectivity index (χ1n) is 5.67. The standard InChI is InChI=1S/C13H10N4OS/c1-8-3-2-4-10-11(8)16-13(19-10)17-12(18)9-7-14-5-6-15-9/h2-7H,1H3,(H,16,17,18). The van der Waals surface area contributed by atoms with E-state index in [9.17, 15) is 4.79 Å². The number of hydrogen-bond donors (Lipinski definition) is 1. The van der Waals surface area contributed by atoms with Crippen LogP contribution in [0, 0.1) is 6.92 Å². The van der Waals surface area contributed by atoms with Gasteiger partial charge in [0.2, 0.25) is 0 Å². The third kappa shape index (κ3) is 2.30. The van der Waals surface area contributed by atoms with Crippen molar-refractivity contribution in [3.63, 3.8) is 0 Å². The van der Waals surface area contributed by atoms with Crippen LogP contribution in [0.25, 0.3) is 10.2 Å². The zero-order chi connectivity index (χ0) is 13.2. The van der Waals surface area contributed by atoms with E-state index in [2.05, 4.69) is 20.3 Å². The zero-order valence-corrected chi connectivity index (χ0v) is 10.9. The summed E-state index contributed by atoms with van der Waals surface area (Å²) < 4.78 is 1.05. The monoisotopic (exact) mass is 270 g/mol. The van der Waals surface area contributed by atoms with Gasteiger partial charge in [0.15, 0.2) is 5.13 Å². The first-order chi connectivity index (χ1) is 9.24. The van der Waals surface area contributed by atoms with E-state index in [0.29, 0.717) is 5.13 Å². The van der Waals surface area contributed by atoms with Gasteiger partial charge >= 0.3 is 0 Å². The number of thiazole rings is 1. The van der Waals surface area contributed by atoms with Gasteiger partial charge in [-0.05, 0) is 18.6 Å². The molecule has 0 atom stereocenters. The van der Waals surface area contributed by atoms with Gasteiger partial charge in [-0.15, -0.1) is 0 Å². The summed E-state index contributed by atoms with van der Waals surface area (Å²) in [5, 5.41) is 3.31. The molecule has 94 valence electrons. The van der Waals surface area contributed by atoms with Gasteiger partial charge in [0.25, 0.3) is 5.91 Å². The van der Waals surface area contributed by atoms with E-state index in [1.54, 1.807) is 0 Å². The molecule has 0 aliphatic rings. The van der Waals surface area contributed by atoms with E-state index in [4.69, 9.17) is 0 Å². The second-order valence-corrected chi connectivity index (χ2v) is 5.02. The van der Waals surface area contributed by atoms with Gasteiger partial charge in [0.05, 0.1) is 16.4 Å². The molecule has 0 spiro atoms. The molecule has 1 aromatic carbocycles. The maximum atomic E-state index is 11.9. The van der Waals surface area contributed by atoms with Gasteiger partial charge < -0.3 is 0 Å². The fourth-order valence-corrected chi connectivity index (χ4v) is 2.66. The summed E-state index contributed by atoms with van der Waals surface area (Å²) in [4.78, 5) is 24.2. The number of aryl methyl sites for hydroxylation is 1. The molecule has 2 aromatic heterocycles. The van der Waals surface area contributed by atoms with E-state index in [1.165, 1.54) is 29.9 Å². The van der Waals surface area contributed by atoms with Crippen molar-refractivity contribution in [1.29, 1.82) is 0 Å². The maximum Gasteiger partial charge on any atom is 0.277 e. The van der Waals surface area contributed by atoms with Crippen LogP contribution in [0.2, 0.25) is 0 Å². The van der Waals surface area contributed by atoms with Crippen LogP contribution >= 0.6 is 11.3 Å². The van der Waals surface area contributed by atoms with Crippen molar-refractivity contribution in [1.82, 2.24) is 15.0 Å². The van der Waals surface area contributed by atoms with Crippen LogP contribution < -0.4 is 5.32 Å². The van der Waals surface area contributed by atoms with Crippen LogP contribution in [-0.2, 0) is 0 Å². The Labute approximate surface area is 113 Å². The highest BCUT2D eigenvalue weighted by atomic mass is 32.1.